The predicted octanol–water partition coefficient (Wildman–Crippen LogP) is 0.903. The van der Waals surface area contributed by atoms with Gasteiger partial charge in [-0.3, -0.25) is 0 Å². The van der Waals surface area contributed by atoms with E-state index in [-0.39, 0.29) is 17.2 Å². The van der Waals surface area contributed by atoms with Crippen LogP contribution < -0.4 is 5.73 Å². The largest absolute Gasteiger partial charge is 0.507 e. The fourth-order valence-electron chi connectivity index (χ4n) is 1.09. The van der Waals surface area contributed by atoms with Gasteiger partial charge in [0.2, 0.25) is 0 Å². The minimum absolute atomic E-state index is 0.00364. The summed E-state index contributed by atoms with van der Waals surface area (Å²) in [6.07, 6.45) is 0. The van der Waals surface area contributed by atoms with Crippen LogP contribution >= 0.6 is 0 Å². The summed E-state index contributed by atoms with van der Waals surface area (Å²) in [7, 11) is -3.59. The van der Waals surface area contributed by atoms with E-state index in [0.717, 1.165) is 0 Å². The van der Waals surface area contributed by atoms with Crippen LogP contribution in [-0.2, 0) is 9.84 Å². The predicted molar refractivity (Wildman–Crippen MR) is 58.4 cm³/mol. The molecule has 0 saturated heterocycles. The van der Waals surface area contributed by atoms with Crippen LogP contribution in [0.3, 0.4) is 0 Å². The van der Waals surface area contributed by atoms with Crippen molar-refractivity contribution < 1.29 is 13.5 Å². The molecule has 0 unspecified atom stereocenters. The number of rotatable bonds is 3. The molecule has 0 aromatic heterocycles. The van der Waals surface area contributed by atoms with Gasteiger partial charge in [0.1, 0.15) is 10.6 Å². The Morgan fingerprint density at radius 1 is 1.33 bits per heavy atom. The van der Waals surface area contributed by atoms with Gasteiger partial charge in [0.15, 0.2) is 9.84 Å². The van der Waals surface area contributed by atoms with Gasteiger partial charge in [-0.15, -0.1) is 0 Å². The summed E-state index contributed by atoms with van der Waals surface area (Å²) in [4.78, 5) is -0.0690. The monoisotopic (exact) mass is 229 g/mol. The van der Waals surface area contributed by atoms with Gasteiger partial charge in [0.25, 0.3) is 0 Å². The van der Waals surface area contributed by atoms with Crippen molar-refractivity contribution in [1.82, 2.24) is 0 Å². The molecular formula is C10H15NO3S. The van der Waals surface area contributed by atoms with Crippen LogP contribution in [0.1, 0.15) is 13.8 Å². The third kappa shape index (κ3) is 1.98. The lowest BCUT2D eigenvalue weighted by Crippen LogP contribution is -2.39. The molecular weight excluding hydrogens is 214 g/mol. The SMILES string of the molecule is CC(C)(CN)S(=O)(=O)c1ccccc1O. The highest BCUT2D eigenvalue weighted by molar-refractivity contribution is 7.93. The number of para-hydroxylation sites is 1. The van der Waals surface area contributed by atoms with Crippen LogP contribution in [-0.4, -0.2) is 24.8 Å². The number of aromatic hydroxyl groups is 1. The Morgan fingerprint density at radius 2 is 1.87 bits per heavy atom. The zero-order valence-electron chi connectivity index (χ0n) is 8.77. The van der Waals surface area contributed by atoms with Crippen molar-refractivity contribution in [1.29, 1.82) is 0 Å². The average Bonchev–Trinajstić information content (AvgIpc) is 2.18. The Morgan fingerprint density at radius 3 is 2.33 bits per heavy atom. The van der Waals surface area contributed by atoms with E-state index in [1.54, 1.807) is 12.1 Å². The van der Waals surface area contributed by atoms with Crippen molar-refractivity contribution in [2.45, 2.75) is 23.5 Å². The summed E-state index contributed by atoms with van der Waals surface area (Å²) in [6, 6.07) is 5.87. The van der Waals surface area contributed by atoms with E-state index in [0.29, 0.717) is 0 Å². The maximum absolute atomic E-state index is 12.1. The first-order valence-electron chi connectivity index (χ1n) is 4.55. The lowest BCUT2D eigenvalue weighted by atomic mass is 10.2. The van der Waals surface area contributed by atoms with Gasteiger partial charge in [0.05, 0.1) is 4.75 Å². The van der Waals surface area contributed by atoms with Gasteiger partial charge >= 0.3 is 0 Å². The summed E-state index contributed by atoms with van der Waals surface area (Å²) in [6.45, 7) is 3.08. The van der Waals surface area contributed by atoms with Crippen molar-refractivity contribution in [3.8, 4) is 5.75 Å². The maximum Gasteiger partial charge on any atom is 0.188 e. The summed E-state index contributed by atoms with van der Waals surface area (Å²) < 4.78 is 23.1. The highest BCUT2D eigenvalue weighted by Crippen LogP contribution is 2.30. The molecule has 1 aromatic rings. The van der Waals surface area contributed by atoms with Crippen LogP contribution in [0.15, 0.2) is 29.2 Å². The van der Waals surface area contributed by atoms with Crippen molar-refractivity contribution >= 4 is 9.84 Å². The number of hydrogen-bond acceptors (Lipinski definition) is 4. The van der Waals surface area contributed by atoms with E-state index in [9.17, 15) is 13.5 Å². The summed E-state index contributed by atoms with van der Waals surface area (Å²) in [5, 5.41) is 9.49. The molecule has 0 radical (unpaired) electrons. The van der Waals surface area contributed by atoms with Crippen molar-refractivity contribution in [3.63, 3.8) is 0 Å². The van der Waals surface area contributed by atoms with E-state index in [2.05, 4.69) is 0 Å². The minimum atomic E-state index is -3.59. The lowest BCUT2D eigenvalue weighted by Gasteiger charge is -2.23. The number of hydrogen-bond donors (Lipinski definition) is 2. The van der Waals surface area contributed by atoms with Gasteiger partial charge in [-0.2, -0.15) is 0 Å². The maximum atomic E-state index is 12.1. The van der Waals surface area contributed by atoms with Crippen molar-refractivity contribution in [3.05, 3.63) is 24.3 Å². The van der Waals surface area contributed by atoms with Crippen LogP contribution in [0.4, 0.5) is 0 Å². The molecule has 3 N–H and O–H groups in total. The molecule has 5 heteroatoms. The summed E-state index contributed by atoms with van der Waals surface area (Å²) >= 11 is 0. The van der Waals surface area contributed by atoms with Gasteiger partial charge in [0, 0.05) is 6.54 Å². The molecule has 0 aliphatic carbocycles. The fraction of sp³-hybridized carbons (Fsp3) is 0.400. The zero-order chi connectivity index (χ0) is 11.7. The number of sulfone groups is 1. The fourth-order valence-corrected chi connectivity index (χ4v) is 2.51. The molecule has 84 valence electrons. The molecule has 4 nitrogen and oxygen atoms in total. The Kier molecular flexibility index (Phi) is 3.06. The second-order valence-electron chi connectivity index (χ2n) is 3.93. The molecule has 0 fully saturated rings. The Hall–Kier alpha value is -1.07. The van der Waals surface area contributed by atoms with Crippen molar-refractivity contribution in [2.24, 2.45) is 5.73 Å². The van der Waals surface area contributed by atoms with E-state index >= 15 is 0 Å². The molecule has 1 rings (SSSR count). The highest BCUT2D eigenvalue weighted by atomic mass is 32.2. The van der Waals surface area contributed by atoms with E-state index in [1.165, 1.54) is 26.0 Å². The Balaban J connectivity index is 3.37. The molecule has 0 spiro atoms. The molecule has 1 aromatic carbocycles. The number of nitrogens with two attached hydrogens (primary N) is 1. The van der Waals surface area contributed by atoms with Gasteiger partial charge in [-0.1, -0.05) is 12.1 Å². The first-order valence-corrected chi connectivity index (χ1v) is 6.04. The molecule has 0 saturated carbocycles. The normalized spacial score (nSPS) is 12.7. The molecule has 0 atom stereocenters. The quantitative estimate of drug-likeness (QED) is 0.807. The summed E-state index contributed by atoms with van der Waals surface area (Å²) in [5.74, 6) is -0.237. The number of phenols is 1. The van der Waals surface area contributed by atoms with Crippen LogP contribution in [0.25, 0.3) is 0 Å². The summed E-state index contributed by atoms with van der Waals surface area (Å²) in [5.41, 5.74) is 5.42. The van der Waals surface area contributed by atoms with Gasteiger partial charge < -0.3 is 10.8 Å². The standard InChI is InChI=1S/C10H15NO3S/c1-10(2,7-11)15(13,14)9-6-4-3-5-8(9)12/h3-6,12H,7,11H2,1-2H3. The van der Waals surface area contributed by atoms with E-state index < -0.39 is 14.6 Å². The smallest absolute Gasteiger partial charge is 0.188 e. The zero-order valence-corrected chi connectivity index (χ0v) is 9.58. The first-order chi connectivity index (χ1) is 6.83. The van der Waals surface area contributed by atoms with E-state index in [1.807, 2.05) is 0 Å². The van der Waals surface area contributed by atoms with Gasteiger partial charge in [-0.05, 0) is 26.0 Å². The topological polar surface area (TPSA) is 80.4 Å². The molecule has 0 amide bonds. The molecule has 0 bridgehead atoms. The number of benzene rings is 1. The highest BCUT2D eigenvalue weighted by Gasteiger charge is 2.35. The molecule has 0 aliphatic rings. The first kappa shape index (κ1) is 12.0. The molecule has 0 aliphatic heterocycles. The third-order valence-electron chi connectivity index (χ3n) is 2.37. The van der Waals surface area contributed by atoms with Crippen LogP contribution in [0, 0.1) is 0 Å². The third-order valence-corrected chi connectivity index (χ3v) is 4.92. The number of phenolic OH excluding ortho intramolecular Hbond substituents is 1. The average molecular weight is 229 g/mol. The van der Waals surface area contributed by atoms with Crippen LogP contribution in [0.5, 0.6) is 5.75 Å². The Bertz CT molecular complexity index is 451. The van der Waals surface area contributed by atoms with Gasteiger partial charge in [-0.25, -0.2) is 8.42 Å². The van der Waals surface area contributed by atoms with Crippen LogP contribution in [0.2, 0.25) is 0 Å². The molecule has 15 heavy (non-hydrogen) atoms. The van der Waals surface area contributed by atoms with E-state index in [4.69, 9.17) is 5.73 Å². The molecule has 0 heterocycles. The Labute approximate surface area is 89.7 Å². The van der Waals surface area contributed by atoms with Crippen molar-refractivity contribution in [2.75, 3.05) is 6.54 Å². The second-order valence-corrected chi connectivity index (χ2v) is 6.49. The second kappa shape index (κ2) is 3.83. The lowest BCUT2D eigenvalue weighted by molar-refractivity contribution is 0.456. The minimum Gasteiger partial charge on any atom is -0.507 e.